The molecule has 3 heterocycles. The van der Waals surface area contributed by atoms with Crippen molar-refractivity contribution in [2.45, 2.75) is 32.0 Å². The van der Waals surface area contributed by atoms with Crippen LogP contribution < -0.4 is 32.9 Å². The molecule has 13 heteroatoms. The summed E-state index contributed by atoms with van der Waals surface area (Å²) in [5.41, 5.74) is 11.7. The number of ether oxygens (including phenoxy) is 1. The summed E-state index contributed by atoms with van der Waals surface area (Å²) in [5, 5.41) is 11.3. The summed E-state index contributed by atoms with van der Waals surface area (Å²) in [6, 6.07) is -1.000. The van der Waals surface area contributed by atoms with E-state index in [2.05, 4.69) is 20.2 Å². The number of nitrogen functional groups attached to an aromatic ring is 1. The van der Waals surface area contributed by atoms with Crippen molar-refractivity contribution in [1.29, 1.82) is 5.41 Å². The lowest BCUT2D eigenvalue weighted by Gasteiger charge is -2.22. The third-order valence-corrected chi connectivity index (χ3v) is 7.10. The van der Waals surface area contributed by atoms with E-state index in [0.717, 1.165) is 34.1 Å². The number of nitrogens with one attached hydrogen (secondary N) is 2. The first kappa shape index (κ1) is 27.9. The summed E-state index contributed by atoms with van der Waals surface area (Å²) >= 11 is 0. The fraction of sp³-hybridized carbons (Fsp3) is 0.462. The molecular formula is C26H35N9O4. The molecule has 1 aliphatic carbocycles. The number of allylic oxidation sites excluding steroid dienone is 3. The number of Topliss-reactive ketones (excluding diaryl/α,β-unsaturated/α-hetero) is 1. The lowest BCUT2D eigenvalue weighted by Crippen LogP contribution is -2.45. The van der Waals surface area contributed by atoms with E-state index in [1.807, 2.05) is 0 Å². The Bertz CT molecular complexity index is 1400. The van der Waals surface area contributed by atoms with Crippen LogP contribution in [0.25, 0.3) is 0 Å². The molecule has 0 radical (unpaired) electrons. The highest BCUT2D eigenvalue weighted by atomic mass is 16.5. The minimum absolute atomic E-state index is 0.0228. The molecule has 1 saturated heterocycles. The van der Waals surface area contributed by atoms with Gasteiger partial charge in [-0.2, -0.15) is 0 Å². The molecule has 2 aliphatic rings. The van der Waals surface area contributed by atoms with Gasteiger partial charge in [-0.1, -0.05) is 18.2 Å². The van der Waals surface area contributed by atoms with Crippen molar-refractivity contribution in [3.63, 3.8) is 0 Å². The van der Waals surface area contributed by atoms with E-state index in [9.17, 15) is 14.4 Å². The number of piperidine rings is 1. The molecule has 39 heavy (non-hydrogen) atoms. The summed E-state index contributed by atoms with van der Waals surface area (Å²) < 4.78 is 6.69. The average Bonchev–Trinajstić information content (AvgIpc) is 3.54. The summed E-state index contributed by atoms with van der Waals surface area (Å²) in [6.45, 7) is 3.13. The Morgan fingerprint density at radius 3 is 2.56 bits per heavy atom. The zero-order valence-electron chi connectivity index (χ0n) is 22.3. The van der Waals surface area contributed by atoms with Gasteiger partial charge in [0.05, 0.1) is 12.3 Å². The monoisotopic (exact) mass is 537 g/mol. The molecule has 4 atom stereocenters. The van der Waals surface area contributed by atoms with Crippen LogP contribution in [0.5, 0.6) is 0 Å². The van der Waals surface area contributed by atoms with Gasteiger partial charge in [0.25, 0.3) is 5.56 Å². The predicted molar refractivity (Wildman–Crippen MR) is 149 cm³/mol. The summed E-state index contributed by atoms with van der Waals surface area (Å²) in [7, 11) is 2.77. The first-order valence-electron chi connectivity index (χ1n) is 12.7. The molecule has 4 rings (SSSR count). The van der Waals surface area contributed by atoms with Crippen LogP contribution in [0.15, 0.2) is 46.3 Å². The number of hydrogen-bond donors (Lipinski definition) is 4. The number of anilines is 3. The van der Waals surface area contributed by atoms with Gasteiger partial charge in [0.1, 0.15) is 18.1 Å². The second-order valence-corrected chi connectivity index (χ2v) is 10.1. The molecule has 0 aromatic carbocycles. The topological polar surface area (TPSA) is 187 Å². The third-order valence-electron chi connectivity index (χ3n) is 7.10. The van der Waals surface area contributed by atoms with E-state index < -0.39 is 35.7 Å². The smallest absolute Gasteiger partial charge is 0.332 e. The Morgan fingerprint density at radius 2 is 1.92 bits per heavy atom. The van der Waals surface area contributed by atoms with Crippen LogP contribution >= 0.6 is 0 Å². The maximum Gasteiger partial charge on any atom is 0.332 e. The number of carbonyl (C=O) groups is 1. The van der Waals surface area contributed by atoms with Crippen molar-refractivity contribution < 1.29 is 9.53 Å². The van der Waals surface area contributed by atoms with Crippen molar-refractivity contribution >= 4 is 28.9 Å². The van der Waals surface area contributed by atoms with Gasteiger partial charge in [-0.3, -0.25) is 18.7 Å². The zero-order valence-corrected chi connectivity index (χ0v) is 22.3. The Hall–Kier alpha value is -4.10. The number of rotatable bonds is 12. The van der Waals surface area contributed by atoms with Gasteiger partial charge in [-0.05, 0) is 31.3 Å². The lowest BCUT2D eigenvalue weighted by molar-refractivity contribution is -0.123. The van der Waals surface area contributed by atoms with Gasteiger partial charge in [0.2, 0.25) is 5.95 Å². The Balaban J connectivity index is 1.36. The number of aromatic nitrogens is 4. The summed E-state index contributed by atoms with van der Waals surface area (Å²) in [5.74, 6) is 1.80. The first-order valence-corrected chi connectivity index (χ1v) is 12.7. The minimum Gasteiger partial charge on any atom is -0.383 e. The molecule has 2 aromatic heterocycles. The van der Waals surface area contributed by atoms with E-state index in [-0.39, 0.29) is 23.8 Å². The highest BCUT2D eigenvalue weighted by Crippen LogP contribution is 2.45. The third kappa shape index (κ3) is 6.32. The molecule has 3 unspecified atom stereocenters. The van der Waals surface area contributed by atoms with Gasteiger partial charge in [0.15, 0.2) is 5.78 Å². The van der Waals surface area contributed by atoms with Crippen molar-refractivity contribution in [3.8, 4) is 0 Å². The Morgan fingerprint density at radius 1 is 1.26 bits per heavy atom. The molecule has 1 aliphatic heterocycles. The number of nitrogens with two attached hydrogens (primary N) is 2. The first-order chi connectivity index (χ1) is 18.6. The number of nitrogens with zero attached hydrogens (tertiary/aromatic N) is 5. The number of fused-ring (bicyclic) bond motifs is 1. The van der Waals surface area contributed by atoms with E-state index in [1.54, 1.807) is 43.6 Å². The minimum atomic E-state index is -0.716. The van der Waals surface area contributed by atoms with Crippen molar-refractivity contribution in [3.05, 3.63) is 63.1 Å². The van der Waals surface area contributed by atoms with E-state index in [1.165, 1.54) is 20.6 Å². The van der Waals surface area contributed by atoms with Crippen LogP contribution in [0.1, 0.15) is 18.9 Å². The van der Waals surface area contributed by atoms with Gasteiger partial charge in [-0.15, -0.1) is 0 Å². The molecular weight excluding hydrogens is 502 g/mol. The van der Waals surface area contributed by atoms with E-state index in [0.29, 0.717) is 11.5 Å². The Labute approximate surface area is 225 Å². The van der Waals surface area contributed by atoms with Gasteiger partial charge in [-0.25, -0.2) is 14.8 Å². The Kier molecular flexibility index (Phi) is 8.41. The maximum absolute atomic E-state index is 13.0. The summed E-state index contributed by atoms with van der Waals surface area (Å²) in [4.78, 5) is 48.5. The van der Waals surface area contributed by atoms with Crippen molar-refractivity contribution in [2.75, 3.05) is 42.8 Å². The SMILES string of the molecule is COCC(=O)Cn1c(=O)c(N[C@@H](C)C(N)C=C/C=C\C(=N)c2cnc(N3CC4CC4C3)nc2)c(N)n(C)c1=O. The predicted octanol–water partition coefficient (Wildman–Crippen LogP) is -0.101. The maximum atomic E-state index is 13.0. The quantitative estimate of drug-likeness (QED) is 0.210. The van der Waals surface area contributed by atoms with Crippen molar-refractivity contribution in [2.24, 2.45) is 24.6 Å². The van der Waals surface area contributed by atoms with Crippen LogP contribution in [0, 0.1) is 17.2 Å². The molecule has 0 bridgehead atoms. The number of methoxy groups -OCH3 is 1. The number of hydrogen-bond acceptors (Lipinski definition) is 11. The normalized spacial score (nSPS) is 19.8. The van der Waals surface area contributed by atoms with Crippen LogP contribution in [0.4, 0.5) is 17.5 Å². The van der Waals surface area contributed by atoms with Gasteiger partial charge < -0.3 is 31.8 Å². The fourth-order valence-corrected chi connectivity index (χ4v) is 4.56. The van der Waals surface area contributed by atoms with Crippen LogP contribution in [-0.4, -0.2) is 69.5 Å². The highest BCUT2D eigenvalue weighted by molar-refractivity contribution is 6.06. The number of ketones is 1. The van der Waals surface area contributed by atoms with E-state index in [4.69, 9.17) is 21.6 Å². The van der Waals surface area contributed by atoms with Crippen molar-refractivity contribution in [1.82, 2.24) is 19.1 Å². The van der Waals surface area contributed by atoms with Crippen LogP contribution in [-0.2, 0) is 23.1 Å². The standard InChI is InChI=1S/C26H35N9O4/c1-15(32-22-23(29)33(2)26(38)35(24(22)37)13-19(36)14-39-3)20(27)6-4-5-7-21(28)18-9-30-25(31-10-18)34-11-16-8-17(16)12-34/h4-7,9-10,15-17,20,28,32H,8,11-14,27,29H2,1-3H3/b6-4?,7-5-,28-21?/t15-,16?,17?,20?/m0/s1. The zero-order chi connectivity index (χ0) is 28.3. The van der Waals surface area contributed by atoms with Crippen LogP contribution in [0.2, 0.25) is 0 Å². The number of carbonyl (C=O) groups excluding carboxylic acids is 1. The molecule has 2 aromatic rings. The average molecular weight is 538 g/mol. The lowest BCUT2D eigenvalue weighted by atomic mass is 10.1. The second kappa shape index (κ2) is 11.7. The van der Waals surface area contributed by atoms with E-state index >= 15 is 0 Å². The fourth-order valence-electron chi connectivity index (χ4n) is 4.56. The molecule has 1 saturated carbocycles. The molecule has 0 amide bonds. The largest absolute Gasteiger partial charge is 0.383 e. The summed E-state index contributed by atoms with van der Waals surface area (Å²) in [6.07, 6.45) is 11.3. The molecule has 208 valence electrons. The van der Waals surface area contributed by atoms with Gasteiger partial charge >= 0.3 is 5.69 Å². The molecule has 13 nitrogen and oxygen atoms in total. The second-order valence-electron chi connectivity index (χ2n) is 10.1. The highest BCUT2D eigenvalue weighted by Gasteiger charge is 2.45. The molecule has 0 spiro atoms. The van der Waals surface area contributed by atoms with Crippen LogP contribution in [0.3, 0.4) is 0 Å². The van der Waals surface area contributed by atoms with Gasteiger partial charge in [0, 0.05) is 57.3 Å². The molecule has 6 N–H and O–H groups in total. The molecule has 2 fully saturated rings.